The molecule has 0 spiro atoms. The topological polar surface area (TPSA) is 150 Å². The van der Waals surface area contributed by atoms with E-state index in [1.807, 2.05) is 31.4 Å². The predicted molar refractivity (Wildman–Crippen MR) is 145 cm³/mol. The Bertz CT molecular complexity index is 1510. The molecule has 0 saturated heterocycles. The lowest BCUT2D eigenvalue weighted by Gasteiger charge is -2.29. The molecule has 0 aliphatic heterocycles. The summed E-state index contributed by atoms with van der Waals surface area (Å²) in [4.78, 5) is 29.3. The van der Waals surface area contributed by atoms with Gasteiger partial charge >= 0.3 is 0 Å². The number of pyridine rings is 1. The highest BCUT2D eigenvalue weighted by molar-refractivity contribution is 6.06. The van der Waals surface area contributed by atoms with Crippen molar-refractivity contribution in [2.24, 2.45) is 12.8 Å². The number of hydrogen-bond acceptors (Lipinski definition) is 7. The molecule has 204 valence electrons. The molecule has 1 aliphatic carbocycles. The summed E-state index contributed by atoms with van der Waals surface area (Å²) in [5.41, 5.74) is 7.64. The lowest BCUT2D eigenvalue weighted by atomic mass is 9.92. The number of aliphatic hydroxyl groups is 1. The van der Waals surface area contributed by atoms with E-state index in [1.165, 1.54) is 0 Å². The molecule has 11 heteroatoms. The van der Waals surface area contributed by atoms with Crippen molar-refractivity contribution in [1.82, 2.24) is 29.9 Å². The molecule has 39 heavy (non-hydrogen) atoms. The minimum atomic E-state index is -1.00. The van der Waals surface area contributed by atoms with E-state index in [4.69, 9.17) is 10.5 Å². The van der Waals surface area contributed by atoms with Crippen LogP contribution in [0.4, 0.5) is 0 Å². The zero-order valence-electron chi connectivity index (χ0n) is 22.3. The van der Waals surface area contributed by atoms with E-state index >= 15 is 0 Å². The summed E-state index contributed by atoms with van der Waals surface area (Å²) in [7, 11) is 1.86. The molecule has 1 aliphatic rings. The lowest BCUT2D eigenvalue weighted by molar-refractivity contribution is 0.0587. The van der Waals surface area contributed by atoms with Crippen LogP contribution in [0.1, 0.15) is 60.4 Å². The number of primary amides is 1. The number of carbonyl (C=O) groups excluding carboxylic acids is 2. The number of nitrogens with two attached hydrogens (primary N) is 1. The van der Waals surface area contributed by atoms with Crippen LogP contribution in [0.25, 0.3) is 22.0 Å². The van der Waals surface area contributed by atoms with Gasteiger partial charge in [0, 0.05) is 36.4 Å². The third-order valence-electron chi connectivity index (χ3n) is 6.86. The Labute approximate surface area is 226 Å². The van der Waals surface area contributed by atoms with E-state index in [1.54, 1.807) is 47.7 Å². The fourth-order valence-corrected chi connectivity index (χ4v) is 4.99. The summed E-state index contributed by atoms with van der Waals surface area (Å²) >= 11 is 0. The third kappa shape index (κ3) is 5.93. The number of fused-ring (bicyclic) bond motifs is 1. The van der Waals surface area contributed by atoms with E-state index < -0.39 is 11.5 Å². The van der Waals surface area contributed by atoms with Gasteiger partial charge in [-0.3, -0.25) is 19.0 Å². The van der Waals surface area contributed by atoms with Crippen LogP contribution in [0, 0.1) is 0 Å². The molecule has 4 aromatic rings. The molecule has 0 atom stereocenters. The molecular weight excluding hydrogens is 498 g/mol. The Morgan fingerprint density at radius 1 is 1.18 bits per heavy atom. The molecule has 0 bridgehead atoms. The number of nitrogens with zero attached hydrogens (tertiary/aromatic N) is 5. The Hall–Kier alpha value is -4.25. The molecule has 1 aromatic carbocycles. The molecule has 1 saturated carbocycles. The first-order chi connectivity index (χ1) is 18.6. The molecule has 4 N–H and O–H groups in total. The number of benzene rings is 1. The second kappa shape index (κ2) is 10.5. The number of nitrogens with one attached hydrogen (secondary N) is 1. The Kier molecular flexibility index (Phi) is 7.09. The first-order valence-corrected chi connectivity index (χ1v) is 13.0. The maximum Gasteiger partial charge on any atom is 0.272 e. The maximum atomic E-state index is 13.5. The molecule has 5 rings (SSSR count). The number of amides is 2. The summed E-state index contributed by atoms with van der Waals surface area (Å²) in [5.74, 6) is -0.601. The average molecular weight is 532 g/mol. The van der Waals surface area contributed by atoms with Crippen molar-refractivity contribution >= 4 is 22.7 Å². The summed E-state index contributed by atoms with van der Waals surface area (Å²) in [6, 6.07) is 9.03. The molecule has 1 fully saturated rings. The molecule has 2 amide bonds. The summed E-state index contributed by atoms with van der Waals surface area (Å²) < 4.78 is 9.39. The quantitative estimate of drug-likeness (QED) is 0.316. The molecule has 11 nitrogen and oxygen atoms in total. The number of hydrogen-bond donors (Lipinski definition) is 3. The van der Waals surface area contributed by atoms with E-state index in [-0.39, 0.29) is 36.0 Å². The molecule has 0 radical (unpaired) electrons. The number of aromatic nitrogens is 5. The summed E-state index contributed by atoms with van der Waals surface area (Å²) in [6.07, 6.45) is 7.93. The van der Waals surface area contributed by atoms with Gasteiger partial charge in [0.25, 0.3) is 11.8 Å². The van der Waals surface area contributed by atoms with Gasteiger partial charge in [-0.1, -0.05) is 6.07 Å². The average Bonchev–Trinajstić information content (AvgIpc) is 3.48. The highest BCUT2D eigenvalue weighted by Crippen LogP contribution is 2.29. The van der Waals surface area contributed by atoms with Crippen molar-refractivity contribution in [3.05, 3.63) is 60.2 Å². The molecule has 3 aromatic heterocycles. The fourth-order valence-electron chi connectivity index (χ4n) is 4.99. The second-order valence-corrected chi connectivity index (χ2v) is 10.7. The van der Waals surface area contributed by atoms with Crippen LogP contribution in [0.3, 0.4) is 0 Å². The number of ether oxygens (including phenoxy) is 1. The van der Waals surface area contributed by atoms with E-state index in [9.17, 15) is 14.7 Å². The van der Waals surface area contributed by atoms with Crippen LogP contribution in [0.5, 0.6) is 5.88 Å². The van der Waals surface area contributed by atoms with Crippen LogP contribution in [0.15, 0.2) is 48.9 Å². The minimum Gasteiger partial charge on any atom is -0.474 e. The molecule has 0 unspecified atom stereocenters. The van der Waals surface area contributed by atoms with Gasteiger partial charge < -0.3 is 20.9 Å². The lowest BCUT2D eigenvalue weighted by Crippen LogP contribution is -2.40. The van der Waals surface area contributed by atoms with Gasteiger partial charge in [-0.2, -0.15) is 10.2 Å². The standard InChI is InChI=1S/C28H33N7O4/c1-28(2,38)16-35-23-11-6-17(18-14-31-34(3)15-18)13-22(23)24(33-35)26(37)32-19-7-9-20(10-8-19)39-27-21(25(29)36)5-4-12-30-27/h4-6,11-15,19-20,38H,7-10,16H2,1-3H3,(H2,29,36)(H,32,37)/t19-,20-. The normalized spacial score (nSPS) is 17.7. The Balaban J connectivity index is 1.32. The van der Waals surface area contributed by atoms with Crippen LogP contribution in [0.2, 0.25) is 0 Å². The zero-order valence-corrected chi connectivity index (χ0v) is 22.3. The van der Waals surface area contributed by atoms with Crippen molar-refractivity contribution < 1.29 is 19.4 Å². The maximum absolute atomic E-state index is 13.5. The number of carbonyl (C=O) groups is 2. The van der Waals surface area contributed by atoms with Crippen molar-refractivity contribution in [1.29, 1.82) is 0 Å². The monoisotopic (exact) mass is 531 g/mol. The van der Waals surface area contributed by atoms with E-state index in [0.29, 0.717) is 36.8 Å². The highest BCUT2D eigenvalue weighted by Gasteiger charge is 2.28. The smallest absolute Gasteiger partial charge is 0.272 e. The number of rotatable bonds is 8. The van der Waals surface area contributed by atoms with Gasteiger partial charge in [-0.15, -0.1) is 0 Å². The summed E-state index contributed by atoms with van der Waals surface area (Å²) in [6.45, 7) is 3.66. The van der Waals surface area contributed by atoms with Crippen LogP contribution in [-0.2, 0) is 13.6 Å². The van der Waals surface area contributed by atoms with Crippen molar-refractivity contribution in [3.63, 3.8) is 0 Å². The first kappa shape index (κ1) is 26.4. The molecule has 3 heterocycles. The molecular formula is C28H33N7O4. The number of aryl methyl sites for hydroxylation is 1. The van der Waals surface area contributed by atoms with Crippen LogP contribution >= 0.6 is 0 Å². The van der Waals surface area contributed by atoms with Gasteiger partial charge in [0.15, 0.2) is 5.69 Å². The first-order valence-electron chi connectivity index (χ1n) is 13.0. The second-order valence-electron chi connectivity index (χ2n) is 10.7. The van der Waals surface area contributed by atoms with Crippen molar-refractivity contribution in [2.75, 3.05) is 0 Å². The van der Waals surface area contributed by atoms with Crippen LogP contribution in [-0.4, -0.2) is 59.2 Å². The van der Waals surface area contributed by atoms with Gasteiger partial charge in [0.1, 0.15) is 11.7 Å². The highest BCUT2D eigenvalue weighted by atomic mass is 16.5. The van der Waals surface area contributed by atoms with Gasteiger partial charge in [0.2, 0.25) is 5.88 Å². The van der Waals surface area contributed by atoms with Crippen molar-refractivity contribution in [3.8, 4) is 17.0 Å². The predicted octanol–water partition coefficient (Wildman–Crippen LogP) is 2.82. The fraction of sp³-hybridized carbons (Fsp3) is 0.393. The van der Waals surface area contributed by atoms with Gasteiger partial charge in [-0.05, 0) is 69.4 Å². The van der Waals surface area contributed by atoms with E-state index in [0.717, 1.165) is 16.6 Å². The Morgan fingerprint density at radius 3 is 2.62 bits per heavy atom. The third-order valence-corrected chi connectivity index (χ3v) is 6.86. The summed E-state index contributed by atoms with van der Waals surface area (Å²) in [5, 5.41) is 23.2. The zero-order chi connectivity index (χ0) is 27.7. The largest absolute Gasteiger partial charge is 0.474 e. The van der Waals surface area contributed by atoms with Crippen LogP contribution < -0.4 is 15.8 Å². The van der Waals surface area contributed by atoms with Crippen molar-refractivity contribution in [2.45, 2.75) is 63.8 Å². The van der Waals surface area contributed by atoms with E-state index in [2.05, 4.69) is 20.5 Å². The SMILES string of the molecule is Cn1cc(-c2ccc3c(c2)c(C(=O)N[C@H]2CC[C@H](Oc4ncccc4C(N)=O)CC2)nn3CC(C)(C)O)cn1. The minimum absolute atomic E-state index is 0.0484. The Morgan fingerprint density at radius 2 is 1.95 bits per heavy atom. The van der Waals surface area contributed by atoms with Gasteiger partial charge in [0.05, 0.1) is 23.9 Å². The van der Waals surface area contributed by atoms with Gasteiger partial charge in [-0.25, -0.2) is 4.98 Å².